The van der Waals surface area contributed by atoms with Gasteiger partial charge in [0, 0.05) is 12.7 Å². The van der Waals surface area contributed by atoms with Crippen molar-refractivity contribution in [1.29, 1.82) is 0 Å². The van der Waals surface area contributed by atoms with Gasteiger partial charge in [-0.2, -0.15) is 0 Å². The first kappa shape index (κ1) is 8.66. The Hall–Kier alpha value is -0.930. The van der Waals surface area contributed by atoms with Crippen LogP contribution in [0.5, 0.6) is 0 Å². The molecule has 1 aliphatic heterocycles. The number of β-amino-alcohol motifs (C(OH)–C–C–N with tert-alkyl or cyclic N) is 1. The van der Waals surface area contributed by atoms with Gasteiger partial charge in [-0.3, -0.25) is 4.98 Å². The third kappa shape index (κ3) is 1.71. The van der Waals surface area contributed by atoms with Crippen molar-refractivity contribution in [3.63, 3.8) is 0 Å². The Balaban J connectivity index is 2.23. The summed E-state index contributed by atoms with van der Waals surface area (Å²) in [6, 6.07) is 5.66. The van der Waals surface area contributed by atoms with E-state index >= 15 is 0 Å². The lowest BCUT2D eigenvalue weighted by Gasteiger charge is -2.31. The number of hydrogen-bond acceptors (Lipinski definition) is 3. The summed E-state index contributed by atoms with van der Waals surface area (Å²) in [5, 5.41) is 13.4. The Morgan fingerprint density at radius 1 is 1.46 bits per heavy atom. The van der Waals surface area contributed by atoms with E-state index in [1.54, 1.807) is 6.20 Å². The molecule has 1 atom stereocenters. The highest BCUT2D eigenvalue weighted by Gasteiger charge is 2.31. The summed E-state index contributed by atoms with van der Waals surface area (Å²) in [7, 11) is 0. The quantitative estimate of drug-likeness (QED) is 0.663. The summed E-state index contributed by atoms with van der Waals surface area (Å²) < 4.78 is 0. The van der Waals surface area contributed by atoms with E-state index in [9.17, 15) is 5.11 Å². The first-order valence-corrected chi connectivity index (χ1v) is 4.66. The average Bonchev–Trinajstić information content (AvgIpc) is 2.20. The Morgan fingerprint density at radius 3 is 3.00 bits per heavy atom. The highest BCUT2D eigenvalue weighted by atomic mass is 16.3. The van der Waals surface area contributed by atoms with Gasteiger partial charge in [-0.15, -0.1) is 0 Å². The summed E-state index contributed by atoms with van der Waals surface area (Å²) in [6.07, 6.45) is 3.53. The first-order chi connectivity index (χ1) is 6.31. The molecule has 2 rings (SSSR count). The van der Waals surface area contributed by atoms with E-state index in [1.165, 1.54) is 0 Å². The van der Waals surface area contributed by atoms with Gasteiger partial charge in [0.1, 0.15) is 5.60 Å². The molecule has 0 bridgehead atoms. The highest BCUT2D eigenvalue weighted by molar-refractivity contribution is 5.14. The van der Waals surface area contributed by atoms with Crippen LogP contribution >= 0.6 is 0 Å². The Bertz CT molecular complexity index is 268. The van der Waals surface area contributed by atoms with Crippen molar-refractivity contribution in [2.75, 3.05) is 13.1 Å². The molecule has 3 nitrogen and oxygen atoms in total. The molecule has 2 heterocycles. The molecule has 0 saturated carbocycles. The van der Waals surface area contributed by atoms with Gasteiger partial charge in [-0.05, 0) is 31.5 Å². The Kier molecular flexibility index (Phi) is 2.29. The number of aliphatic hydroxyl groups is 1. The summed E-state index contributed by atoms with van der Waals surface area (Å²) in [5.41, 5.74) is 0.0293. The van der Waals surface area contributed by atoms with Crippen molar-refractivity contribution in [3.05, 3.63) is 30.1 Å². The zero-order chi connectivity index (χ0) is 9.15. The number of nitrogens with zero attached hydrogens (tertiary/aromatic N) is 1. The molecule has 1 saturated heterocycles. The molecule has 1 aromatic heterocycles. The third-order valence-corrected chi connectivity index (χ3v) is 2.50. The minimum Gasteiger partial charge on any atom is -0.382 e. The molecule has 70 valence electrons. The van der Waals surface area contributed by atoms with Crippen molar-refractivity contribution in [2.24, 2.45) is 0 Å². The lowest BCUT2D eigenvalue weighted by molar-refractivity contribution is 0.00824. The summed E-state index contributed by atoms with van der Waals surface area (Å²) in [5.74, 6) is 0. The monoisotopic (exact) mass is 178 g/mol. The maximum Gasteiger partial charge on any atom is 0.119 e. The van der Waals surface area contributed by atoms with E-state index < -0.39 is 5.60 Å². The molecule has 2 N–H and O–H groups in total. The fourth-order valence-corrected chi connectivity index (χ4v) is 1.75. The molecule has 1 fully saturated rings. The molecule has 0 spiro atoms. The second kappa shape index (κ2) is 3.44. The number of aromatic nitrogens is 1. The van der Waals surface area contributed by atoms with Crippen molar-refractivity contribution < 1.29 is 5.11 Å². The molecule has 0 radical (unpaired) electrons. The third-order valence-electron chi connectivity index (χ3n) is 2.50. The van der Waals surface area contributed by atoms with Gasteiger partial charge in [0.25, 0.3) is 0 Å². The number of nitrogens with one attached hydrogen (secondary N) is 1. The van der Waals surface area contributed by atoms with E-state index in [0.29, 0.717) is 6.54 Å². The zero-order valence-corrected chi connectivity index (χ0v) is 7.53. The second-order valence-electron chi connectivity index (χ2n) is 3.53. The molecular weight excluding hydrogens is 164 g/mol. The lowest BCUT2D eigenvalue weighted by Crippen LogP contribution is -2.43. The normalized spacial score (nSPS) is 28.7. The molecule has 3 heteroatoms. The molecule has 0 aromatic carbocycles. The first-order valence-electron chi connectivity index (χ1n) is 4.66. The predicted octanol–water partition coefficient (Wildman–Crippen LogP) is 0.653. The van der Waals surface area contributed by atoms with Crippen LogP contribution in [-0.2, 0) is 5.60 Å². The van der Waals surface area contributed by atoms with Crippen molar-refractivity contribution in [2.45, 2.75) is 18.4 Å². The average molecular weight is 178 g/mol. The Morgan fingerprint density at radius 2 is 2.38 bits per heavy atom. The molecule has 1 aromatic rings. The molecular formula is C10H14N2O. The van der Waals surface area contributed by atoms with E-state index in [4.69, 9.17) is 0 Å². The van der Waals surface area contributed by atoms with E-state index in [1.807, 2.05) is 18.2 Å². The molecule has 0 unspecified atom stereocenters. The molecule has 0 amide bonds. The molecule has 13 heavy (non-hydrogen) atoms. The van der Waals surface area contributed by atoms with Crippen molar-refractivity contribution >= 4 is 0 Å². The SMILES string of the molecule is O[C@@]1(c2ccccn2)CCCNC1. The Labute approximate surface area is 77.8 Å². The minimum absolute atomic E-state index is 0.615. The molecule has 0 aliphatic carbocycles. The number of piperidine rings is 1. The van der Waals surface area contributed by atoms with Crippen molar-refractivity contribution in [3.8, 4) is 0 Å². The lowest BCUT2D eigenvalue weighted by atomic mass is 9.90. The maximum atomic E-state index is 10.2. The van der Waals surface area contributed by atoms with Crippen molar-refractivity contribution in [1.82, 2.24) is 10.3 Å². The van der Waals surface area contributed by atoms with Gasteiger partial charge in [-0.1, -0.05) is 6.07 Å². The van der Waals surface area contributed by atoms with Crippen LogP contribution in [0.15, 0.2) is 24.4 Å². The largest absolute Gasteiger partial charge is 0.382 e. The van der Waals surface area contributed by atoms with E-state index in [2.05, 4.69) is 10.3 Å². The zero-order valence-electron chi connectivity index (χ0n) is 7.53. The van der Waals surface area contributed by atoms with E-state index in [-0.39, 0.29) is 0 Å². The van der Waals surface area contributed by atoms with Crippen LogP contribution < -0.4 is 5.32 Å². The van der Waals surface area contributed by atoms with Crippen LogP contribution in [0.4, 0.5) is 0 Å². The number of rotatable bonds is 1. The standard InChI is InChI=1S/C10H14N2O/c13-10(5-3-6-11-8-10)9-4-1-2-7-12-9/h1-2,4,7,11,13H,3,5-6,8H2/t10-/m0/s1. The topological polar surface area (TPSA) is 45.2 Å². The number of pyridine rings is 1. The highest BCUT2D eigenvalue weighted by Crippen LogP contribution is 2.25. The van der Waals surface area contributed by atoms with Gasteiger partial charge >= 0.3 is 0 Å². The van der Waals surface area contributed by atoms with Crippen LogP contribution in [0.25, 0.3) is 0 Å². The maximum absolute atomic E-state index is 10.2. The predicted molar refractivity (Wildman–Crippen MR) is 50.2 cm³/mol. The van der Waals surface area contributed by atoms with Crippen LogP contribution in [-0.4, -0.2) is 23.2 Å². The smallest absolute Gasteiger partial charge is 0.119 e. The van der Waals surface area contributed by atoms with E-state index in [0.717, 1.165) is 25.1 Å². The van der Waals surface area contributed by atoms with Gasteiger partial charge in [0.2, 0.25) is 0 Å². The second-order valence-corrected chi connectivity index (χ2v) is 3.53. The van der Waals surface area contributed by atoms with Crippen LogP contribution in [0.2, 0.25) is 0 Å². The van der Waals surface area contributed by atoms with Gasteiger partial charge in [0.15, 0.2) is 0 Å². The van der Waals surface area contributed by atoms with Gasteiger partial charge in [0.05, 0.1) is 5.69 Å². The summed E-state index contributed by atoms with van der Waals surface area (Å²) >= 11 is 0. The van der Waals surface area contributed by atoms with Crippen LogP contribution in [0, 0.1) is 0 Å². The fraction of sp³-hybridized carbons (Fsp3) is 0.500. The van der Waals surface area contributed by atoms with Gasteiger partial charge < -0.3 is 10.4 Å². The fourth-order valence-electron chi connectivity index (χ4n) is 1.75. The summed E-state index contributed by atoms with van der Waals surface area (Å²) in [6.45, 7) is 1.61. The summed E-state index contributed by atoms with van der Waals surface area (Å²) in [4.78, 5) is 4.18. The van der Waals surface area contributed by atoms with Crippen LogP contribution in [0.3, 0.4) is 0 Å². The van der Waals surface area contributed by atoms with Crippen LogP contribution in [0.1, 0.15) is 18.5 Å². The van der Waals surface area contributed by atoms with Gasteiger partial charge in [-0.25, -0.2) is 0 Å². The number of hydrogen-bond donors (Lipinski definition) is 2. The minimum atomic E-state index is -0.750. The molecule has 1 aliphatic rings.